The number of hydrogen-bond acceptors (Lipinski definition) is 5. The summed E-state index contributed by atoms with van der Waals surface area (Å²) in [6.45, 7) is 0. The standard InChI is InChI=1S/C8H7NO5/c1-14-8-3-7(11)6(9(12)13)2-5(8)4-10/h2-4,11H,1H3. The van der Waals surface area contributed by atoms with Gasteiger partial charge in [0, 0.05) is 12.1 Å². The Morgan fingerprint density at radius 2 is 2.21 bits per heavy atom. The highest BCUT2D eigenvalue weighted by molar-refractivity contribution is 5.82. The van der Waals surface area contributed by atoms with Gasteiger partial charge >= 0.3 is 5.69 Å². The Labute approximate surface area is 78.9 Å². The van der Waals surface area contributed by atoms with E-state index in [9.17, 15) is 20.0 Å². The summed E-state index contributed by atoms with van der Waals surface area (Å²) in [5, 5.41) is 19.6. The molecule has 0 saturated heterocycles. The Morgan fingerprint density at radius 1 is 1.57 bits per heavy atom. The molecule has 74 valence electrons. The molecule has 0 aliphatic rings. The molecule has 14 heavy (non-hydrogen) atoms. The first-order valence-corrected chi connectivity index (χ1v) is 3.60. The smallest absolute Gasteiger partial charge is 0.311 e. The molecule has 6 nitrogen and oxygen atoms in total. The highest BCUT2D eigenvalue weighted by Gasteiger charge is 2.17. The molecule has 0 fully saturated rings. The van der Waals surface area contributed by atoms with E-state index >= 15 is 0 Å². The quantitative estimate of drug-likeness (QED) is 0.445. The number of rotatable bonds is 3. The van der Waals surface area contributed by atoms with E-state index in [1.165, 1.54) is 7.11 Å². The molecule has 0 aliphatic heterocycles. The molecule has 0 unspecified atom stereocenters. The molecular weight excluding hydrogens is 190 g/mol. The van der Waals surface area contributed by atoms with Gasteiger partial charge in [-0.15, -0.1) is 0 Å². The van der Waals surface area contributed by atoms with Crippen LogP contribution in [-0.2, 0) is 0 Å². The van der Waals surface area contributed by atoms with Crippen LogP contribution in [0.25, 0.3) is 0 Å². The van der Waals surface area contributed by atoms with Crippen molar-refractivity contribution in [1.29, 1.82) is 0 Å². The third kappa shape index (κ3) is 1.63. The van der Waals surface area contributed by atoms with Gasteiger partial charge in [0.05, 0.1) is 17.6 Å². The van der Waals surface area contributed by atoms with Crippen LogP contribution in [0.3, 0.4) is 0 Å². The van der Waals surface area contributed by atoms with Gasteiger partial charge in [0.25, 0.3) is 0 Å². The van der Waals surface area contributed by atoms with Gasteiger partial charge in [-0.3, -0.25) is 14.9 Å². The first kappa shape index (κ1) is 9.97. The van der Waals surface area contributed by atoms with Crippen molar-refractivity contribution in [3.05, 3.63) is 27.8 Å². The second-order valence-corrected chi connectivity index (χ2v) is 2.46. The lowest BCUT2D eigenvalue weighted by Crippen LogP contribution is -1.94. The Kier molecular flexibility index (Phi) is 2.66. The lowest BCUT2D eigenvalue weighted by Gasteiger charge is -2.03. The number of nitrogens with zero attached hydrogens (tertiary/aromatic N) is 1. The minimum Gasteiger partial charge on any atom is -0.502 e. The first-order chi connectivity index (χ1) is 6.60. The van der Waals surface area contributed by atoms with Crippen molar-refractivity contribution in [2.45, 2.75) is 0 Å². The van der Waals surface area contributed by atoms with Crippen LogP contribution in [0, 0.1) is 10.1 Å². The van der Waals surface area contributed by atoms with Crippen LogP contribution in [0.5, 0.6) is 11.5 Å². The molecule has 0 atom stereocenters. The summed E-state index contributed by atoms with van der Waals surface area (Å²) < 4.78 is 4.74. The Morgan fingerprint density at radius 3 is 2.64 bits per heavy atom. The zero-order chi connectivity index (χ0) is 10.7. The van der Waals surface area contributed by atoms with Crippen LogP contribution in [0.1, 0.15) is 10.4 Å². The topological polar surface area (TPSA) is 89.7 Å². The van der Waals surface area contributed by atoms with Gasteiger partial charge < -0.3 is 9.84 Å². The molecule has 6 heteroatoms. The van der Waals surface area contributed by atoms with Crippen molar-refractivity contribution in [3.63, 3.8) is 0 Å². The predicted molar refractivity (Wildman–Crippen MR) is 46.7 cm³/mol. The third-order valence-corrected chi connectivity index (χ3v) is 1.65. The normalized spacial score (nSPS) is 9.50. The molecule has 0 bridgehead atoms. The molecule has 0 spiro atoms. The van der Waals surface area contributed by atoms with E-state index in [1.807, 2.05) is 0 Å². The van der Waals surface area contributed by atoms with E-state index in [4.69, 9.17) is 4.74 Å². The van der Waals surface area contributed by atoms with E-state index in [0.29, 0.717) is 6.29 Å². The zero-order valence-corrected chi connectivity index (χ0v) is 7.26. The minimum absolute atomic E-state index is 0.0250. The van der Waals surface area contributed by atoms with Gasteiger partial charge in [-0.1, -0.05) is 0 Å². The monoisotopic (exact) mass is 197 g/mol. The zero-order valence-electron chi connectivity index (χ0n) is 7.26. The van der Waals surface area contributed by atoms with Crippen molar-refractivity contribution >= 4 is 12.0 Å². The minimum atomic E-state index is -0.776. The lowest BCUT2D eigenvalue weighted by atomic mass is 10.2. The molecule has 0 amide bonds. The molecule has 0 saturated carbocycles. The fourth-order valence-electron chi connectivity index (χ4n) is 0.989. The number of nitro benzene ring substituents is 1. The highest BCUT2D eigenvalue weighted by atomic mass is 16.6. The van der Waals surface area contributed by atoms with Crippen LogP contribution >= 0.6 is 0 Å². The molecule has 0 aliphatic carbocycles. The van der Waals surface area contributed by atoms with E-state index in [-0.39, 0.29) is 11.3 Å². The number of aromatic hydroxyl groups is 1. The number of methoxy groups -OCH3 is 1. The number of nitro groups is 1. The summed E-state index contributed by atoms with van der Waals surface area (Å²) in [6.07, 6.45) is 0.422. The summed E-state index contributed by atoms with van der Waals surface area (Å²) in [5.41, 5.74) is -0.495. The van der Waals surface area contributed by atoms with E-state index < -0.39 is 16.4 Å². The van der Waals surface area contributed by atoms with Gasteiger partial charge in [-0.05, 0) is 0 Å². The molecule has 0 aromatic heterocycles. The predicted octanol–water partition coefficient (Wildman–Crippen LogP) is 1.12. The molecule has 1 N–H and O–H groups in total. The van der Waals surface area contributed by atoms with E-state index in [1.54, 1.807) is 0 Å². The van der Waals surface area contributed by atoms with Gasteiger partial charge in [0.2, 0.25) is 0 Å². The van der Waals surface area contributed by atoms with Crippen molar-refractivity contribution in [2.75, 3.05) is 7.11 Å². The largest absolute Gasteiger partial charge is 0.502 e. The summed E-state index contributed by atoms with van der Waals surface area (Å²) >= 11 is 0. The number of phenolic OH excluding ortho intramolecular Hbond substituents is 1. The summed E-state index contributed by atoms with van der Waals surface area (Å²) in [7, 11) is 1.30. The van der Waals surface area contributed by atoms with E-state index in [0.717, 1.165) is 12.1 Å². The fourth-order valence-corrected chi connectivity index (χ4v) is 0.989. The molecule has 1 aromatic carbocycles. The Balaban J connectivity index is 3.37. The SMILES string of the molecule is COc1cc(O)c([N+](=O)[O-])cc1C=O. The number of aldehydes is 1. The van der Waals surface area contributed by atoms with Gasteiger partial charge in [-0.2, -0.15) is 0 Å². The van der Waals surface area contributed by atoms with E-state index in [2.05, 4.69) is 0 Å². The molecule has 0 radical (unpaired) electrons. The number of benzene rings is 1. The maximum atomic E-state index is 10.5. The van der Waals surface area contributed by atoms with Crippen molar-refractivity contribution in [3.8, 4) is 11.5 Å². The average molecular weight is 197 g/mol. The van der Waals surface area contributed by atoms with Crippen LogP contribution in [-0.4, -0.2) is 23.4 Å². The fraction of sp³-hybridized carbons (Fsp3) is 0.125. The summed E-state index contributed by atoms with van der Waals surface area (Å²) in [5.74, 6) is -0.430. The number of hydrogen-bond donors (Lipinski definition) is 1. The number of phenols is 1. The van der Waals surface area contributed by atoms with Crippen molar-refractivity contribution in [1.82, 2.24) is 0 Å². The van der Waals surface area contributed by atoms with Gasteiger partial charge in [0.1, 0.15) is 5.75 Å². The Bertz CT molecular complexity index is 388. The van der Waals surface area contributed by atoms with Crippen molar-refractivity contribution in [2.24, 2.45) is 0 Å². The van der Waals surface area contributed by atoms with Crippen LogP contribution < -0.4 is 4.74 Å². The highest BCUT2D eigenvalue weighted by Crippen LogP contribution is 2.32. The van der Waals surface area contributed by atoms with Gasteiger partial charge in [-0.25, -0.2) is 0 Å². The molecule has 1 rings (SSSR count). The summed E-state index contributed by atoms with van der Waals surface area (Å²) in [4.78, 5) is 20.1. The average Bonchev–Trinajstić information content (AvgIpc) is 2.16. The van der Waals surface area contributed by atoms with Crippen LogP contribution in [0.15, 0.2) is 12.1 Å². The second kappa shape index (κ2) is 3.73. The Hall–Kier alpha value is -2.11. The third-order valence-electron chi connectivity index (χ3n) is 1.65. The maximum Gasteiger partial charge on any atom is 0.311 e. The molecule has 0 heterocycles. The first-order valence-electron chi connectivity index (χ1n) is 3.60. The van der Waals surface area contributed by atoms with Crippen LogP contribution in [0.4, 0.5) is 5.69 Å². The maximum absolute atomic E-state index is 10.5. The number of carbonyl (C=O) groups excluding carboxylic acids is 1. The van der Waals surface area contributed by atoms with Gasteiger partial charge in [0.15, 0.2) is 12.0 Å². The number of ether oxygens (including phenoxy) is 1. The molecule has 1 aromatic rings. The molecular formula is C8H7NO5. The van der Waals surface area contributed by atoms with Crippen LogP contribution in [0.2, 0.25) is 0 Å². The van der Waals surface area contributed by atoms with Crippen molar-refractivity contribution < 1.29 is 19.6 Å². The summed E-state index contributed by atoms with van der Waals surface area (Å²) in [6, 6.07) is 1.99. The lowest BCUT2D eigenvalue weighted by molar-refractivity contribution is -0.385. The number of carbonyl (C=O) groups is 1. The second-order valence-electron chi connectivity index (χ2n) is 2.46.